The number of rotatable bonds is 1. The molecule has 6 rings (SSSR count). The van der Waals surface area contributed by atoms with Crippen LogP contribution in [0.1, 0.15) is 12.8 Å². The number of nitrogens with zero attached hydrogens (tertiary/aromatic N) is 1. The van der Waals surface area contributed by atoms with E-state index in [0.717, 1.165) is 24.6 Å². The monoisotopic (exact) mass is 337 g/mol. The molecule has 0 unspecified atom stereocenters. The van der Waals surface area contributed by atoms with Crippen LogP contribution in [-0.2, 0) is 0 Å². The molecule has 2 nitrogen and oxygen atoms in total. The van der Waals surface area contributed by atoms with Crippen molar-refractivity contribution in [3.63, 3.8) is 0 Å². The third-order valence-corrected chi connectivity index (χ3v) is 5.78. The molecular weight excluding hydrogens is 318 g/mol. The molecule has 1 aromatic heterocycles. The Balaban J connectivity index is 1.66. The SMILES string of the molecule is c1ccc2cc3c(ccc4c5cc(N6CCCC6)oc5ccc34)cc2c1. The van der Waals surface area contributed by atoms with Gasteiger partial charge in [0.2, 0.25) is 0 Å². The minimum atomic E-state index is 0.986. The van der Waals surface area contributed by atoms with Crippen LogP contribution in [0.4, 0.5) is 5.88 Å². The number of anilines is 1. The standard InChI is InChI=1S/C24H19NO/c1-2-6-17-14-21-18(13-16(17)5-1)7-8-20-19(21)9-10-23-22(20)15-24(26-23)25-11-3-4-12-25/h1-2,5-10,13-15H,3-4,11-12H2. The first kappa shape index (κ1) is 14.2. The van der Waals surface area contributed by atoms with E-state index in [9.17, 15) is 0 Å². The van der Waals surface area contributed by atoms with E-state index in [-0.39, 0.29) is 0 Å². The van der Waals surface area contributed by atoms with Crippen LogP contribution in [0, 0.1) is 0 Å². The van der Waals surface area contributed by atoms with Crippen LogP contribution in [0.2, 0.25) is 0 Å². The third kappa shape index (κ3) is 1.99. The zero-order chi connectivity index (χ0) is 17.1. The molecular formula is C24H19NO. The number of benzene rings is 4. The maximum absolute atomic E-state index is 6.17. The second kappa shape index (κ2) is 5.25. The molecule has 0 N–H and O–H groups in total. The molecule has 26 heavy (non-hydrogen) atoms. The number of hydrogen-bond acceptors (Lipinski definition) is 2. The predicted octanol–water partition coefficient (Wildman–Crippen LogP) is 6.49. The van der Waals surface area contributed by atoms with Crippen LogP contribution < -0.4 is 4.90 Å². The Bertz CT molecular complexity index is 1290. The average molecular weight is 337 g/mol. The van der Waals surface area contributed by atoms with Crippen molar-refractivity contribution in [3.05, 3.63) is 66.7 Å². The van der Waals surface area contributed by atoms with E-state index in [0.29, 0.717) is 0 Å². The zero-order valence-electron chi connectivity index (χ0n) is 14.5. The summed E-state index contributed by atoms with van der Waals surface area (Å²) in [4.78, 5) is 2.36. The number of fused-ring (bicyclic) bond motifs is 6. The highest BCUT2D eigenvalue weighted by Gasteiger charge is 2.17. The van der Waals surface area contributed by atoms with Crippen molar-refractivity contribution in [1.82, 2.24) is 0 Å². The highest BCUT2D eigenvalue weighted by molar-refractivity contribution is 6.18. The molecule has 0 spiro atoms. The molecule has 4 aromatic carbocycles. The van der Waals surface area contributed by atoms with E-state index in [1.54, 1.807) is 0 Å². The Kier molecular flexibility index (Phi) is 2.87. The summed E-state index contributed by atoms with van der Waals surface area (Å²) in [5.74, 6) is 1.02. The minimum absolute atomic E-state index is 0.986. The lowest BCUT2D eigenvalue weighted by atomic mass is 9.97. The molecule has 0 bridgehead atoms. The predicted molar refractivity (Wildman–Crippen MR) is 110 cm³/mol. The summed E-state index contributed by atoms with van der Waals surface area (Å²) < 4.78 is 6.17. The molecule has 0 atom stereocenters. The van der Waals surface area contributed by atoms with Crippen molar-refractivity contribution >= 4 is 49.2 Å². The van der Waals surface area contributed by atoms with E-state index in [4.69, 9.17) is 4.42 Å². The molecule has 1 saturated heterocycles. The van der Waals surface area contributed by atoms with E-state index in [1.165, 1.54) is 50.5 Å². The minimum Gasteiger partial charge on any atom is -0.441 e. The molecule has 0 saturated carbocycles. The molecule has 0 aliphatic carbocycles. The van der Waals surface area contributed by atoms with Gasteiger partial charge in [-0.2, -0.15) is 0 Å². The summed E-state index contributed by atoms with van der Waals surface area (Å²) >= 11 is 0. The molecule has 1 aliphatic rings. The van der Waals surface area contributed by atoms with Gasteiger partial charge in [0.15, 0.2) is 5.88 Å². The van der Waals surface area contributed by atoms with Gasteiger partial charge in [0.05, 0.1) is 0 Å². The van der Waals surface area contributed by atoms with E-state index >= 15 is 0 Å². The first-order chi connectivity index (χ1) is 12.9. The van der Waals surface area contributed by atoms with Gasteiger partial charge in [-0.1, -0.05) is 42.5 Å². The Hall–Kier alpha value is -3.00. The smallest absolute Gasteiger partial charge is 0.196 e. The fourth-order valence-electron chi connectivity index (χ4n) is 4.43. The molecule has 2 heteroatoms. The van der Waals surface area contributed by atoms with Gasteiger partial charge < -0.3 is 9.32 Å². The largest absolute Gasteiger partial charge is 0.441 e. The van der Waals surface area contributed by atoms with Crippen molar-refractivity contribution in [1.29, 1.82) is 0 Å². The van der Waals surface area contributed by atoms with Gasteiger partial charge in [0.1, 0.15) is 5.58 Å². The van der Waals surface area contributed by atoms with Crippen LogP contribution in [0.25, 0.3) is 43.3 Å². The average Bonchev–Trinajstić information content (AvgIpc) is 3.35. The molecule has 0 amide bonds. The number of hydrogen-bond donors (Lipinski definition) is 0. The third-order valence-electron chi connectivity index (χ3n) is 5.78. The Morgan fingerprint density at radius 2 is 1.35 bits per heavy atom. The summed E-state index contributed by atoms with van der Waals surface area (Å²) in [6.07, 6.45) is 2.52. The number of furan rings is 1. The second-order valence-corrected chi connectivity index (χ2v) is 7.34. The van der Waals surface area contributed by atoms with E-state index in [2.05, 4.69) is 71.6 Å². The summed E-state index contributed by atoms with van der Waals surface area (Å²) in [7, 11) is 0. The second-order valence-electron chi connectivity index (χ2n) is 7.34. The maximum Gasteiger partial charge on any atom is 0.196 e. The lowest BCUT2D eigenvalue weighted by Crippen LogP contribution is -2.16. The van der Waals surface area contributed by atoms with Gasteiger partial charge in [-0.25, -0.2) is 0 Å². The topological polar surface area (TPSA) is 16.4 Å². The molecule has 5 aromatic rings. The summed E-state index contributed by atoms with van der Waals surface area (Å²) in [6, 6.07) is 24.3. The van der Waals surface area contributed by atoms with Crippen molar-refractivity contribution in [2.75, 3.05) is 18.0 Å². The van der Waals surface area contributed by atoms with E-state index < -0.39 is 0 Å². The normalized spacial score (nSPS) is 15.0. The van der Waals surface area contributed by atoms with Crippen LogP contribution >= 0.6 is 0 Å². The fraction of sp³-hybridized carbons (Fsp3) is 0.167. The Labute approximate surface area is 151 Å². The first-order valence-electron chi connectivity index (χ1n) is 9.40. The van der Waals surface area contributed by atoms with Crippen LogP contribution in [0.5, 0.6) is 0 Å². The first-order valence-corrected chi connectivity index (χ1v) is 9.40. The van der Waals surface area contributed by atoms with Crippen LogP contribution in [0.3, 0.4) is 0 Å². The highest BCUT2D eigenvalue weighted by atomic mass is 16.4. The van der Waals surface area contributed by atoms with Crippen molar-refractivity contribution < 1.29 is 4.42 Å². The maximum atomic E-state index is 6.17. The van der Waals surface area contributed by atoms with Crippen LogP contribution in [0.15, 0.2) is 71.1 Å². The van der Waals surface area contributed by atoms with Gasteiger partial charge >= 0.3 is 0 Å². The summed E-state index contributed by atoms with van der Waals surface area (Å²) in [5.41, 5.74) is 0.986. The zero-order valence-corrected chi connectivity index (χ0v) is 14.5. The highest BCUT2D eigenvalue weighted by Crippen LogP contribution is 2.37. The molecule has 0 radical (unpaired) electrons. The summed E-state index contributed by atoms with van der Waals surface area (Å²) in [6.45, 7) is 2.21. The lowest BCUT2D eigenvalue weighted by molar-refractivity contribution is 0.599. The van der Waals surface area contributed by atoms with Crippen molar-refractivity contribution in [2.24, 2.45) is 0 Å². The lowest BCUT2D eigenvalue weighted by Gasteiger charge is -2.12. The van der Waals surface area contributed by atoms with Crippen LogP contribution in [-0.4, -0.2) is 13.1 Å². The Morgan fingerprint density at radius 1 is 0.615 bits per heavy atom. The fourth-order valence-corrected chi connectivity index (χ4v) is 4.43. The quantitative estimate of drug-likeness (QED) is 0.257. The Morgan fingerprint density at radius 3 is 2.19 bits per heavy atom. The molecule has 1 aliphatic heterocycles. The molecule has 126 valence electrons. The van der Waals surface area contributed by atoms with Gasteiger partial charge in [-0.05, 0) is 63.4 Å². The van der Waals surface area contributed by atoms with Gasteiger partial charge in [0.25, 0.3) is 0 Å². The molecule has 2 heterocycles. The van der Waals surface area contributed by atoms with Crippen molar-refractivity contribution in [2.45, 2.75) is 12.8 Å². The molecule has 1 fully saturated rings. The van der Waals surface area contributed by atoms with Gasteiger partial charge in [0, 0.05) is 24.5 Å². The summed E-state index contributed by atoms with van der Waals surface area (Å²) in [5, 5.41) is 8.98. The van der Waals surface area contributed by atoms with Crippen molar-refractivity contribution in [3.8, 4) is 0 Å². The van der Waals surface area contributed by atoms with Gasteiger partial charge in [-0.15, -0.1) is 0 Å². The van der Waals surface area contributed by atoms with Gasteiger partial charge in [-0.3, -0.25) is 0 Å². The van der Waals surface area contributed by atoms with E-state index in [1.807, 2.05) is 0 Å².